The maximum Gasteiger partial charge on any atom is 0.294 e. The van der Waals surface area contributed by atoms with Gasteiger partial charge in [0, 0.05) is 30.2 Å². The molecule has 17 heavy (non-hydrogen) atoms. The molecule has 0 bridgehead atoms. The number of hydrogen-bond donors (Lipinski definition) is 1. The Labute approximate surface area is 107 Å². The zero-order valence-corrected chi connectivity index (χ0v) is 11.0. The van der Waals surface area contributed by atoms with E-state index < -0.39 is 11.7 Å². The molecule has 1 N–H and O–H groups in total. The molecule has 0 saturated heterocycles. The minimum absolute atomic E-state index is 0.403. The molecule has 1 aromatic carbocycles. The minimum Gasteiger partial charge on any atom is -0.360 e. The SMILES string of the molecule is CN(C)C(=O)C(=O)c1c[nH]c2c(Br)cccc12. The van der Waals surface area contributed by atoms with E-state index in [-0.39, 0.29) is 0 Å². The van der Waals surface area contributed by atoms with Crippen LogP contribution in [0.3, 0.4) is 0 Å². The summed E-state index contributed by atoms with van der Waals surface area (Å²) in [5.74, 6) is -1.02. The second-order valence-electron chi connectivity index (χ2n) is 3.89. The molecule has 4 nitrogen and oxygen atoms in total. The monoisotopic (exact) mass is 294 g/mol. The van der Waals surface area contributed by atoms with Gasteiger partial charge in [0.1, 0.15) is 0 Å². The lowest BCUT2D eigenvalue weighted by Gasteiger charge is -2.07. The predicted octanol–water partition coefficient (Wildman–Crippen LogP) is 2.20. The van der Waals surface area contributed by atoms with Crippen LogP contribution in [-0.2, 0) is 4.79 Å². The number of aromatic amines is 1. The molecule has 0 fully saturated rings. The first kappa shape index (κ1) is 11.9. The maximum absolute atomic E-state index is 11.9. The Morgan fingerprint density at radius 1 is 1.29 bits per heavy atom. The Balaban J connectivity index is 2.54. The minimum atomic E-state index is -0.522. The number of ketones is 1. The van der Waals surface area contributed by atoms with Crippen molar-refractivity contribution in [2.45, 2.75) is 0 Å². The zero-order chi connectivity index (χ0) is 12.6. The van der Waals surface area contributed by atoms with Gasteiger partial charge in [-0.1, -0.05) is 12.1 Å². The summed E-state index contributed by atoms with van der Waals surface area (Å²) in [4.78, 5) is 27.8. The normalized spacial score (nSPS) is 10.5. The summed E-state index contributed by atoms with van der Waals surface area (Å²) in [5.41, 5.74) is 1.22. The molecule has 2 aromatic rings. The summed E-state index contributed by atoms with van der Waals surface area (Å²) in [6.07, 6.45) is 1.57. The average molecular weight is 295 g/mol. The second-order valence-corrected chi connectivity index (χ2v) is 4.75. The fraction of sp³-hybridized carbons (Fsp3) is 0.167. The zero-order valence-electron chi connectivity index (χ0n) is 9.45. The average Bonchev–Trinajstić information content (AvgIpc) is 2.72. The van der Waals surface area contributed by atoms with Gasteiger partial charge in [-0.2, -0.15) is 0 Å². The smallest absolute Gasteiger partial charge is 0.294 e. The van der Waals surface area contributed by atoms with Crippen molar-refractivity contribution in [3.05, 3.63) is 34.4 Å². The van der Waals surface area contributed by atoms with E-state index in [2.05, 4.69) is 20.9 Å². The van der Waals surface area contributed by atoms with E-state index >= 15 is 0 Å². The number of fused-ring (bicyclic) bond motifs is 1. The van der Waals surface area contributed by atoms with Crippen molar-refractivity contribution in [1.82, 2.24) is 9.88 Å². The molecule has 1 aromatic heterocycles. The van der Waals surface area contributed by atoms with Crippen molar-refractivity contribution in [3.8, 4) is 0 Å². The van der Waals surface area contributed by atoms with Crippen LogP contribution >= 0.6 is 15.9 Å². The molecule has 88 valence electrons. The number of rotatable bonds is 2. The molecule has 5 heteroatoms. The van der Waals surface area contributed by atoms with Crippen molar-refractivity contribution in [1.29, 1.82) is 0 Å². The van der Waals surface area contributed by atoms with Crippen LogP contribution in [0.1, 0.15) is 10.4 Å². The molecule has 0 spiro atoms. The highest BCUT2D eigenvalue weighted by molar-refractivity contribution is 9.10. The molecule has 0 saturated carbocycles. The molecular formula is C12H11BrN2O2. The van der Waals surface area contributed by atoms with Gasteiger partial charge in [0.05, 0.1) is 11.1 Å². The molecule has 0 unspecified atom stereocenters. The number of benzene rings is 1. The highest BCUT2D eigenvalue weighted by atomic mass is 79.9. The molecule has 0 aliphatic rings. The van der Waals surface area contributed by atoms with Gasteiger partial charge < -0.3 is 9.88 Å². The number of para-hydroxylation sites is 1. The summed E-state index contributed by atoms with van der Waals surface area (Å²) in [7, 11) is 3.12. The number of H-pyrrole nitrogens is 1. The molecule has 0 atom stereocenters. The lowest BCUT2D eigenvalue weighted by molar-refractivity contribution is -0.124. The van der Waals surface area contributed by atoms with Crippen LogP contribution in [0.4, 0.5) is 0 Å². The van der Waals surface area contributed by atoms with E-state index in [4.69, 9.17) is 0 Å². The van der Waals surface area contributed by atoms with Crippen LogP contribution in [0.2, 0.25) is 0 Å². The number of nitrogens with one attached hydrogen (secondary N) is 1. The van der Waals surface area contributed by atoms with E-state index in [9.17, 15) is 9.59 Å². The van der Waals surface area contributed by atoms with Crippen molar-refractivity contribution < 1.29 is 9.59 Å². The number of halogens is 1. The van der Waals surface area contributed by atoms with E-state index in [0.29, 0.717) is 5.56 Å². The van der Waals surface area contributed by atoms with E-state index in [0.717, 1.165) is 15.4 Å². The third kappa shape index (κ3) is 1.98. The topological polar surface area (TPSA) is 53.2 Å². The van der Waals surface area contributed by atoms with E-state index in [1.807, 2.05) is 18.2 Å². The van der Waals surface area contributed by atoms with Gasteiger partial charge in [-0.25, -0.2) is 0 Å². The van der Waals surface area contributed by atoms with E-state index in [1.54, 1.807) is 20.3 Å². The van der Waals surface area contributed by atoms with Gasteiger partial charge in [0.2, 0.25) is 0 Å². The molecule has 1 amide bonds. The van der Waals surface area contributed by atoms with Crippen LogP contribution < -0.4 is 0 Å². The first-order valence-electron chi connectivity index (χ1n) is 5.04. The van der Waals surface area contributed by atoms with Gasteiger partial charge in [0.25, 0.3) is 11.7 Å². The van der Waals surface area contributed by atoms with Crippen LogP contribution in [0.5, 0.6) is 0 Å². The summed E-state index contributed by atoms with van der Waals surface area (Å²) in [6, 6.07) is 5.52. The van der Waals surface area contributed by atoms with Crippen molar-refractivity contribution >= 4 is 38.5 Å². The standard InChI is InChI=1S/C12H11BrN2O2/c1-15(2)12(17)11(16)8-6-14-10-7(8)4-3-5-9(10)13/h3-6,14H,1-2H3. The Bertz CT molecular complexity index is 602. The Morgan fingerprint density at radius 3 is 2.65 bits per heavy atom. The van der Waals surface area contributed by atoms with Gasteiger partial charge in [-0.05, 0) is 22.0 Å². The highest BCUT2D eigenvalue weighted by Gasteiger charge is 2.21. The van der Waals surface area contributed by atoms with Gasteiger partial charge in [-0.15, -0.1) is 0 Å². The largest absolute Gasteiger partial charge is 0.360 e. The number of carbonyl (C=O) groups is 2. The number of amides is 1. The van der Waals surface area contributed by atoms with E-state index in [1.165, 1.54) is 4.90 Å². The summed E-state index contributed by atoms with van der Waals surface area (Å²) >= 11 is 3.39. The number of aromatic nitrogens is 1. The molecule has 0 aliphatic heterocycles. The molecule has 0 radical (unpaired) electrons. The maximum atomic E-state index is 11.9. The van der Waals surface area contributed by atoms with Gasteiger partial charge in [0.15, 0.2) is 0 Å². The summed E-state index contributed by atoms with van der Waals surface area (Å²) in [6.45, 7) is 0. The molecule has 1 heterocycles. The van der Waals surface area contributed by atoms with Gasteiger partial charge in [-0.3, -0.25) is 9.59 Å². The molecule has 2 rings (SSSR count). The number of Topliss-reactive ketones (excluding diaryl/α,β-unsaturated/α-hetero) is 1. The Hall–Kier alpha value is -1.62. The van der Waals surface area contributed by atoms with Crippen molar-refractivity contribution in [2.24, 2.45) is 0 Å². The lowest BCUT2D eigenvalue weighted by Crippen LogP contribution is -2.29. The van der Waals surface area contributed by atoms with Crippen molar-refractivity contribution in [2.75, 3.05) is 14.1 Å². The van der Waals surface area contributed by atoms with Crippen LogP contribution in [0.15, 0.2) is 28.9 Å². The second kappa shape index (κ2) is 4.33. The Kier molecular flexibility index (Phi) is 3.02. The van der Waals surface area contributed by atoms with Gasteiger partial charge >= 0.3 is 0 Å². The predicted molar refractivity (Wildman–Crippen MR) is 69.0 cm³/mol. The fourth-order valence-corrected chi connectivity index (χ4v) is 2.10. The molecule has 0 aliphatic carbocycles. The third-order valence-corrected chi connectivity index (χ3v) is 3.17. The van der Waals surface area contributed by atoms with Crippen molar-refractivity contribution in [3.63, 3.8) is 0 Å². The highest BCUT2D eigenvalue weighted by Crippen LogP contribution is 2.25. The quantitative estimate of drug-likeness (QED) is 0.682. The summed E-state index contributed by atoms with van der Waals surface area (Å²) < 4.78 is 0.867. The number of carbonyl (C=O) groups excluding carboxylic acids is 2. The number of nitrogens with zero attached hydrogens (tertiary/aromatic N) is 1. The Morgan fingerprint density at radius 2 is 2.00 bits per heavy atom. The number of likely N-dealkylation sites (N-methyl/N-ethyl adjacent to an activating group) is 1. The third-order valence-electron chi connectivity index (χ3n) is 2.51. The number of hydrogen-bond acceptors (Lipinski definition) is 2. The first-order valence-corrected chi connectivity index (χ1v) is 5.83. The van der Waals surface area contributed by atoms with Crippen LogP contribution in [0.25, 0.3) is 10.9 Å². The lowest BCUT2D eigenvalue weighted by atomic mass is 10.1. The molecular weight excluding hydrogens is 284 g/mol. The summed E-state index contributed by atoms with van der Waals surface area (Å²) in [5, 5.41) is 0.750. The fourth-order valence-electron chi connectivity index (χ4n) is 1.62. The van der Waals surface area contributed by atoms with Crippen LogP contribution in [0, 0.1) is 0 Å². The first-order chi connectivity index (χ1) is 8.02. The van der Waals surface area contributed by atoms with Crippen LogP contribution in [-0.4, -0.2) is 35.7 Å².